The minimum Gasteiger partial charge on any atom is -0.399 e. The highest BCUT2D eigenvalue weighted by atomic mass is 19.3. The monoisotopic (exact) mass is 292 g/mol. The first-order valence-corrected chi connectivity index (χ1v) is 7.96. The molecule has 114 valence electrons. The van der Waals surface area contributed by atoms with Crippen molar-refractivity contribution in [3.05, 3.63) is 29.8 Å². The van der Waals surface area contributed by atoms with Gasteiger partial charge >= 0.3 is 0 Å². The zero-order chi connectivity index (χ0) is 14.7. The van der Waals surface area contributed by atoms with Gasteiger partial charge < -0.3 is 5.73 Å². The van der Waals surface area contributed by atoms with Gasteiger partial charge in [0, 0.05) is 43.1 Å². The van der Waals surface area contributed by atoms with Crippen LogP contribution in [0, 0.1) is 5.92 Å². The number of rotatable bonds is 2. The number of fused-ring (bicyclic) bond motifs is 1. The molecule has 3 aliphatic rings. The molecule has 0 spiro atoms. The molecule has 0 amide bonds. The third kappa shape index (κ3) is 2.24. The van der Waals surface area contributed by atoms with Crippen LogP contribution >= 0.6 is 0 Å². The van der Waals surface area contributed by atoms with Gasteiger partial charge in [0.25, 0.3) is 0 Å². The number of anilines is 1. The predicted octanol–water partition coefficient (Wildman–Crippen LogP) is 3.42. The number of hydrogen-bond donors (Lipinski definition) is 1. The lowest BCUT2D eigenvalue weighted by molar-refractivity contribution is -0.0526. The molecule has 0 aromatic heterocycles. The van der Waals surface area contributed by atoms with Gasteiger partial charge in [-0.1, -0.05) is 12.1 Å². The van der Waals surface area contributed by atoms with Crippen LogP contribution in [0.1, 0.15) is 37.7 Å². The quantitative estimate of drug-likeness (QED) is 0.846. The van der Waals surface area contributed by atoms with E-state index in [1.165, 1.54) is 12.0 Å². The molecule has 2 aliphatic carbocycles. The van der Waals surface area contributed by atoms with Crippen LogP contribution in [0.2, 0.25) is 0 Å². The number of halogens is 2. The topological polar surface area (TPSA) is 29.3 Å². The summed E-state index contributed by atoms with van der Waals surface area (Å²) in [7, 11) is 0. The molecule has 4 rings (SSSR count). The third-order valence-corrected chi connectivity index (χ3v) is 5.84. The fraction of sp³-hybridized carbons (Fsp3) is 0.647. The van der Waals surface area contributed by atoms with E-state index in [0.717, 1.165) is 18.8 Å². The lowest BCUT2D eigenvalue weighted by atomic mass is 9.90. The molecule has 0 bridgehead atoms. The Kier molecular flexibility index (Phi) is 2.84. The largest absolute Gasteiger partial charge is 0.399 e. The van der Waals surface area contributed by atoms with E-state index in [-0.39, 0.29) is 18.3 Å². The van der Waals surface area contributed by atoms with E-state index in [0.29, 0.717) is 24.8 Å². The van der Waals surface area contributed by atoms with E-state index in [2.05, 4.69) is 17.0 Å². The molecule has 0 unspecified atom stereocenters. The number of alkyl halides is 2. The normalized spacial score (nSPS) is 35.6. The molecule has 1 saturated heterocycles. The summed E-state index contributed by atoms with van der Waals surface area (Å²) in [5, 5.41) is 0. The van der Waals surface area contributed by atoms with Gasteiger partial charge in [-0.15, -0.1) is 0 Å². The maximum absolute atomic E-state index is 13.3. The molecular weight excluding hydrogens is 270 g/mol. The van der Waals surface area contributed by atoms with E-state index in [4.69, 9.17) is 5.73 Å². The van der Waals surface area contributed by atoms with E-state index >= 15 is 0 Å². The fourth-order valence-electron chi connectivity index (χ4n) is 4.49. The standard InChI is InChI=1S/C17H22F2N2/c18-17(19)6-4-15(5-7-17)21-10-13-9-16(13,11-21)12-2-1-3-14(20)8-12/h1-3,8,13,15H,4-7,9-11,20H2/t13-,16+/m1/s1. The second-order valence-electron chi connectivity index (χ2n) is 7.20. The van der Waals surface area contributed by atoms with E-state index < -0.39 is 5.92 Å². The first kappa shape index (κ1) is 13.5. The average Bonchev–Trinajstić information content (AvgIpc) is 3.01. The molecule has 2 atom stereocenters. The van der Waals surface area contributed by atoms with Gasteiger partial charge in [0.1, 0.15) is 0 Å². The van der Waals surface area contributed by atoms with Crippen molar-refractivity contribution in [2.75, 3.05) is 18.8 Å². The van der Waals surface area contributed by atoms with E-state index in [9.17, 15) is 8.78 Å². The van der Waals surface area contributed by atoms with Crippen LogP contribution in [-0.4, -0.2) is 30.0 Å². The Morgan fingerprint density at radius 1 is 1.19 bits per heavy atom. The Labute approximate surface area is 124 Å². The van der Waals surface area contributed by atoms with Crippen molar-refractivity contribution in [2.24, 2.45) is 5.92 Å². The van der Waals surface area contributed by atoms with Crippen LogP contribution in [0.4, 0.5) is 14.5 Å². The second-order valence-corrected chi connectivity index (χ2v) is 7.20. The smallest absolute Gasteiger partial charge is 0.248 e. The maximum atomic E-state index is 13.3. The second kappa shape index (κ2) is 4.42. The first-order valence-electron chi connectivity index (χ1n) is 7.96. The molecule has 1 aromatic carbocycles. The minimum absolute atomic E-state index is 0.0596. The summed E-state index contributed by atoms with van der Waals surface area (Å²) < 4.78 is 26.6. The van der Waals surface area contributed by atoms with Crippen LogP contribution in [0.25, 0.3) is 0 Å². The van der Waals surface area contributed by atoms with Gasteiger partial charge in [0.15, 0.2) is 0 Å². The Morgan fingerprint density at radius 3 is 2.67 bits per heavy atom. The third-order valence-electron chi connectivity index (χ3n) is 5.84. The number of nitrogens with zero attached hydrogens (tertiary/aromatic N) is 1. The number of likely N-dealkylation sites (tertiary alicyclic amines) is 1. The van der Waals surface area contributed by atoms with Crippen molar-refractivity contribution in [3.63, 3.8) is 0 Å². The van der Waals surface area contributed by atoms with Crippen LogP contribution in [0.5, 0.6) is 0 Å². The molecule has 1 aromatic rings. The molecule has 1 aliphatic heterocycles. The Bertz CT molecular complexity index is 549. The SMILES string of the molecule is Nc1cccc([C@@]23C[C@@H]2CN(C2CCC(F)(F)CC2)C3)c1. The zero-order valence-electron chi connectivity index (χ0n) is 12.2. The van der Waals surface area contributed by atoms with Crippen LogP contribution in [0.3, 0.4) is 0 Å². The lowest BCUT2D eigenvalue weighted by Gasteiger charge is -2.36. The van der Waals surface area contributed by atoms with Crippen LogP contribution in [0.15, 0.2) is 24.3 Å². The van der Waals surface area contributed by atoms with Gasteiger partial charge in [-0.25, -0.2) is 8.78 Å². The summed E-state index contributed by atoms with van der Waals surface area (Å²) in [5.74, 6) is -1.73. The highest BCUT2D eigenvalue weighted by Gasteiger charge is 2.61. The molecule has 2 N–H and O–H groups in total. The Balaban J connectivity index is 1.47. The predicted molar refractivity (Wildman–Crippen MR) is 79.4 cm³/mol. The van der Waals surface area contributed by atoms with Gasteiger partial charge in [0.05, 0.1) is 0 Å². The number of piperidine rings is 1. The first-order chi connectivity index (χ1) is 9.98. The molecule has 21 heavy (non-hydrogen) atoms. The van der Waals surface area contributed by atoms with Crippen LogP contribution in [-0.2, 0) is 5.41 Å². The number of nitrogen functional groups attached to an aromatic ring is 1. The summed E-state index contributed by atoms with van der Waals surface area (Å²) in [4.78, 5) is 2.46. The minimum atomic E-state index is -2.43. The summed E-state index contributed by atoms with van der Waals surface area (Å²) in [6.07, 6.45) is 2.64. The van der Waals surface area contributed by atoms with Crippen molar-refractivity contribution >= 4 is 5.69 Å². The summed E-state index contributed by atoms with van der Waals surface area (Å²) in [6.45, 7) is 2.10. The Hall–Kier alpha value is -1.16. The fourth-order valence-corrected chi connectivity index (χ4v) is 4.49. The number of nitrogens with two attached hydrogens (primary N) is 1. The molecule has 0 radical (unpaired) electrons. The average molecular weight is 292 g/mol. The summed E-state index contributed by atoms with van der Waals surface area (Å²) >= 11 is 0. The zero-order valence-corrected chi connectivity index (χ0v) is 12.2. The maximum Gasteiger partial charge on any atom is 0.248 e. The van der Waals surface area contributed by atoms with Crippen LogP contribution < -0.4 is 5.73 Å². The summed E-state index contributed by atoms with van der Waals surface area (Å²) in [5.41, 5.74) is 8.34. The van der Waals surface area contributed by atoms with Gasteiger partial charge in [-0.2, -0.15) is 0 Å². The van der Waals surface area contributed by atoms with Crippen molar-refractivity contribution in [3.8, 4) is 0 Å². The van der Waals surface area contributed by atoms with Crippen molar-refractivity contribution in [1.29, 1.82) is 0 Å². The molecular formula is C17H22F2N2. The molecule has 2 saturated carbocycles. The van der Waals surface area contributed by atoms with Crippen molar-refractivity contribution in [1.82, 2.24) is 4.90 Å². The molecule has 1 heterocycles. The van der Waals surface area contributed by atoms with Gasteiger partial charge in [-0.3, -0.25) is 4.90 Å². The van der Waals surface area contributed by atoms with Crippen molar-refractivity contribution < 1.29 is 8.78 Å². The van der Waals surface area contributed by atoms with E-state index in [1.807, 2.05) is 12.1 Å². The number of hydrogen-bond acceptors (Lipinski definition) is 2. The van der Waals surface area contributed by atoms with E-state index in [1.54, 1.807) is 0 Å². The molecule has 4 heteroatoms. The lowest BCUT2D eigenvalue weighted by Crippen LogP contribution is -2.41. The molecule has 3 fully saturated rings. The van der Waals surface area contributed by atoms with Crippen molar-refractivity contribution in [2.45, 2.75) is 49.5 Å². The Morgan fingerprint density at radius 2 is 1.95 bits per heavy atom. The highest BCUT2D eigenvalue weighted by Crippen LogP contribution is 2.60. The van der Waals surface area contributed by atoms with Gasteiger partial charge in [0.2, 0.25) is 5.92 Å². The highest BCUT2D eigenvalue weighted by molar-refractivity contribution is 5.47. The molecule has 2 nitrogen and oxygen atoms in total. The van der Waals surface area contributed by atoms with Gasteiger partial charge in [-0.05, 0) is 42.9 Å². The summed E-state index contributed by atoms with van der Waals surface area (Å²) in [6, 6.07) is 8.58. The number of benzene rings is 1.